The van der Waals surface area contributed by atoms with Crippen LogP contribution in [0.4, 0.5) is 0 Å². The van der Waals surface area contributed by atoms with Gasteiger partial charge in [0.2, 0.25) is 0 Å². The zero-order valence-corrected chi connectivity index (χ0v) is 16.9. The van der Waals surface area contributed by atoms with E-state index < -0.39 is 0 Å². The SMILES string of the molecule is CCN(CC)C(CNC(=O)c1sc(-c2ccc(C)o2)nc1C)c1ccco1. The van der Waals surface area contributed by atoms with Gasteiger partial charge in [0.1, 0.15) is 16.4 Å². The predicted molar refractivity (Wildman–Crippen MR) is 106 cm³/mol. The lowest BCUT2D eigenvalue weighted by Gasteiger charge is -2.28. The number of nitrogens with one attached hydrogen (secondary N) is 1. The number of aromatic nitrogens is 1. The van der Waals surface area contributed by atoms with Crippen molar-refractivity contribution < 1.29 is 13.6 Å². The second kappa shape index (κ2) is 8.54. The molecule has 0 fully saturated rings. The molecule has 0 bridgehead atoms. The van der Waals surface area contributed by atoms with Crippen LogP contribution in [0.25, 0.3) is 10.8 Å². The van der Waals surface area contributed by atoms with Gasteiger partial charge >= 0.3 is 0 Å². The van der Waals surface area contributed by atoms with Crippen LogP contribution in [-0.4, -0.2) is 35.4 Å². The maximum Gasteiger partial charge on any atom is 0.263 e. The Labute approximate surface area is 163 Å². The molecule has 3 heterocycles. The van der Waals surface area contributed by atoms with E-state index in [1.54, 1.807) is 6.26 Å². The monoisotopic (exact) mass is 387 g/mol. The van der Waals surface area contributed by atoms with Crippen LogP contribution in [0.5, 0.6) is 0 Å². The molecule has 3 aromatic rings. The minimum atomic E-state index is -0.122. The largest absolute Gasteiger partial charge is 0.468 e. The number of hydrogen-bond acceptors (Lipinski definition) is 6. The van der Waals surface area contributed by atoms with E-state index in [4.69, 9.17) is 8.83 Å². The second-order valence-electron chi connectivity index (χ2n) is 6.31. The molecule has 7 heteroatoms. The molecule has 0 radical (unpaired) electrons. The molecule has 6 nitrogen and oxygen atoms in total. The summed E-state index contributed by atoms with van der Waals surface area (Å²) < 4.78 is 11.2. The second-order valence-corrected chi connectivity index (χ2v) is 7.31. The highest BCUT2D eigenvalue weighted by molar-refractivity contribution is 7.17. The average Bonchev–Trinajstić information content (AvgIpc) is 3.39. The van der Waals surface area contributed by atoms with E-state index in [0.29, 0.717) is 22.9 Å². The fourth-order valence-corrected chi connectivity index (χ4v) is 4.03. The van der Waals surface area contributed by atoms with Gasteiger partial charge in [0, 0.05) is 6.54 Å². The minimum Gasteiger partial charge on any atom is -0.468 e. The Morgan fingerprint density at radius 2 is 2.04 bits per heavy atom. The molecule has 1 unspecified atom stereocenters. The summed E-state index contributed by atoms with van der Waals surface area (Å²) in [5.41, 5.74) is 0.707. The number of amides is 1. The summed E-state index contributed by atoms with van der Waals surface area (Å²) >= 11 is 1.35. The Morgan fingerprint density at radius 1 is 1.26 bits per heavy atom. The van der Waals surface area contributed by atoms with Gasteiger partial charge in [0.15, 0.2) is 10.8 Å². The first-order valence-corrected chi connectivity index (χ1v) is 9.95. The van der Waals surface area contributed by atoms with Crippen LogP contribution in [0, 0.1) is 13.8 Å². The Balaban J connectivity index is 1.73. The van der Waals surface area contributed by atoms with E-state index in [2.05, 4.69) is 29.0 Å². The molecule has 0 aliphatic carbocycles. The van der Waals surface area contributed by atoms with Gasteiger partial charge in [-0.25, -0.2) is 4.98 Å². The molecule has 1 N–H and O–H groups in total. The summed E-state index contributed by atoms with van der Waals surface area (Å²) in [4.78, 5) is 20.1. The molecule has 0 aliphatic rings. The fourth-order valence-electron chi connectivity index (χ4n) is 3.09. The number of carbonyl (C=O) groups excluding carboxylic acids is 1. The summed E-state index contributed by atoms with van der Waals surface area (Å²) in [7, 11) is 0. The number of thiazole rings is 1. The van der Waals surface area contributed by atoms with Crippen molar-refractivity contribution in [1.29, 1.82) is 0 Å². The number of carbonyl (C=O) groups is 1. The van der Waals surface area contributed by atoms with Crippen LogP contribution in [0.1, 0.15) is 46.8 Å². The van der Waals surface area contributed by atoms with Crippen molar-refractivity contribution in [2.24, 2.45) is 0 Å². The average molecular weight is 388 g/mol. The predicted octanol–water partition coefficient (Wildman–Crippen LogP) is 4.43. The topological polar surface area (TPSA) is 71.5 Å². The summed E-state index contributed by atoms with van der Waals surface area (Å²) in [5.74, 6) is 2.25. The molecule has 1 amide bonds. The molecule has 0 aromatic carbocycles. The third-order valence-electron chi connectivity index (χ3n) is 4.53. The van der Waals surface area contributed by atoms with Gasteiger partial charge in [-0.15, -0.1) is 11.3 Å². The van der Waals surface area contributed by atoms with E-state index >= 15 is 0 Å². The van der Waals surface area contributed by atoms with Crippen molar-refractivity contribution in [3.05, 3.63) is 52.6 Å². The number of furan rings is 2. The first-order chi connectivity index (χ1) is 13.0. The quantitative estimate of drug-likeness (QED) is 0.619. The highest BCUT2D eigenvalue weighted by Gasteiger charge is 2.23. The van der Waals surface area contributed by atoms with Crippen molar-refractivity contribution in [3.8, 4) is 10.8 Å². The maximum atomic E-state index is 12.8. The van der Waals surface area contributed by atoms with Crippen molar-refractivity contribution in [2.45, 2.75) is 33.7 Å². The van der Waals surface area contributed by atoms with Gasteiger partial charge < -0.3 is 14.2 Å². The number of nitrogens with zero attached hydrogens (tertiary/aromatic N) is 2. The van der Waals surface area contributed by atoms with E-state index in [-0.39, 0.29) is 11.9 Å². The molecular formula is C20H25N3O3S. The van der Waals surface area contributed by atoms with Crippen LogP contribution >= 0.6 is 11.3 Å². The van der Waals surface area contributed by atoms with E-state index in [1.807, 2.05) is 38.1 Å². The van der Waals surface area contributed by atoms with Gasteiger partial charge in [-0.2, -0.15) is 0 Å². The van der Waals surface area contributed by atoms with Crippen molar-refractivity contribution in [2.75, 3.05) is 19.6 Å². The molecule has 3 rings (SSSR count). The van der Waals surface area contributed by atoms with Gasteiger partial charge in [-0.1, -0.05) is 13.8 Å². The Kier molecular flexibility index (Phi) is 6.13. The normalized spacial score (nSPS) is 12.5. The van der Waals surface area contributed by atoms with E-state index in [1.165, 1.54) is 11.3 Å². The molecule has 27 heavy (non-hydrogen) atoms. The van der Waals surface area contributed by atoms with Crippen LogP contribution in [0.3, 0.4) is 0 Å². The third kappa shape index (κ3) is 4.31. The van der Waals surface area contributed by atoms with Gasteiger partial charge in [-0.05, 0) is 51.2 Å². The Morgan fingerprint density at radius 3 is 2.63 bits per heavy atom. The fraction of sp³-hybridized carbons (Fsp3) is 0.400. The highest BCUT2D eigenvalue weighted by Crippen LogP contribution is 2.29. The lowest BCUT2D eigenvalue weighted by atomic mass is 10.2. The number of hydrogen-bond donors (Lipinski definition) is 1. The molecule has 0 saturated heterocycles. The molecule has 0 spiro atoms. The molecule has 0 saturated carbocycles. The molecule has 0 aliphatic heterocycles. The summed E-state index contributed by atoms with van der Waals surface area (Å²) in [6, 6.07) is 7.59. The lowest BCUT2D eigenvalue weighted by molar-refractivity contribution is 0.0933. The Hall–Kier alpha value is -2.38. The first kappa shape index (κ1) is 19.4. The van der Waals surface area contributed by atoms with E-state index in [0.717, 1.165) is 29.6 Å². The molecule has 144 valence electrons. The van der Waals surface area contributed by atoms with Gasteiger partial charge in [0.05, 0.1) is 18.0 Å². The van der Waals surface area contributed by atoms with Gasteiger partial charge in [-0.3, -0.25) is 9.69 Å². The lowest BCUT2D eigenvalue weighted by Crippen LogP contribution is -2.37. The van der Waals surface area contributed by atoms with Gasteiger partial charge in [0.25, 0.3) is 5.91 Å². The first-order valence-electron chi connectivity index (χ1n) is 9.13. The van der Waals surface area contributed by atoms with Crippen LogP contribution in [-0.2, 0) is 0 Å². The smallest absolute Gasteiger partial charge is 0.263 e. The number of likely N-dealkylation sites (N-methyl/N-ethyl adjacent to an activating group) is 1. The minimum absolute atomic E-state index is 0.000582. The number of aryl methyl sites for hydroxylation is 2. The van der Waals surface area contributed by atoms with Crippen LogP contribution < -0.4 is 5.32 Å². The third-order valence-corrected chi connectivity index (χ3v) is 5.71. The molecule has 3 aromatic heterocycles. The van der Waals surface area contributed by atoms with Crippen molar-refractivity contribution >= 4 is 17.2 Å². The van der Waals surface area contributed by atoms with Crippen LogP contribution in [0.2, 0.25) is 0 Å². The molecule has 1 atom stereocenters. The van der Waals surface area contributed by atoms with Crippen molar-refractivity contribution in [1.82, 2.24) is 15.2 Å². The highest BCUT2D eigenvalue weighted by atomic mass is 32.1. The standard InChI is InChI=1S/C20H25N3O3S/c1-5-23(6-2)15(16-8-7-11-25-16)12-21-19(24)18-14(4)22-20(27-18)17-10-9-13(3)26-17/h7-11,15H,5-6,12H2,1-4H3,(H,21,24). The van der Waals surface area contributed by atoms with E-state index in [9.17, 15) is 4.79 Å². The number of rotatable bonds is 8. The summed E-state index contributed by atoms with van der Waals surface area (Å²) in [6.45, 7) is 10.2. The summed E-state index contributed by atoms with van der Waals surface area (Å²) in [5, 5.41) is 3.77. The van der Waals surface area contributed by atoms with Crippen molar-refractivity contribution in [3.63, 3.8) is 0 Å². The van der Waals surface area contributed by atoms with Crippen LogP contribution in [0.15, 0.2) is 39.4 Å². The maximum absolute atomic E-state index is 12.8. The summed E-state index contributed by atoms with van der Waals surface area (Å²) in [6.07, 6.45) is 1.67. The zero-order chi connectivity index (χ0) is 19.4. The Bertz CT molecular complexity index is 878. The molecular weight excluding hydrogens is 362 g/mol. The zero-order valence-electron chi connectivity index (χ0n) is 16.1.